The van der Waals surface area contributed by atoms with Crippen molar-refractivity contribution in [1.29, 1.82) is 0 Å². The second-order valence-corrected chi connectivity index (χ2v) is 12.9. The average molecular weight is 639 g/mol. The molecule has 7 aromatic carbocycles. The van der Waals surface area contributed by atoms with Crippen molar-refractivity contribution in [3.05, 3.63) is 204 Å². The number of para-hydroxylation sites is 1. The van der Waals surface area contributed by atoms with Gasteiger partial charge in [-0.2, -0.15) is 0 Å². The largest absolute Gasteiger partial charge is 0.455 e. The Labute approximate surface area is 290 Å². The minimum absolute atomic E-state index is 0.494. The Hall–Kier alpha value is -6.58. The van der Waals surface area contributed by atoms with Crippen molar-refractivity contribution in [2.45, 2.75) is 5.41 Å². The quantitative estimate of drug-likeness (QED) is 0.188. The first-order valence-electron chi connectivity index (χ1n) is 17.0. The molecule has 0 saturated carbocycles. The topological polar surface area (TPSA) is 38.9 Å². The van der Waals surface area contributed by atoms with E-state index >= 15 is 0 Å². The summed E-state index contributed by atoms with van der Waals surface area (Å²) < 4.78 is 6.96. The summed E-state index contributed by atoms with van der Waals surface area (Å²) >= 11 is 0. The maximum Gasteiger partial charge on any atom is 0.160 e. The van der Waals surface area contributed by atoms with Crippen LogP contribution in [0.3, 0.4) is 0 Å². The number of benzene rings is 7. The van der Waals surface area contributed by atoms with E-state index in [-0.39, 0.29) is 0 Å². The molecule has 2 aromatic heterocycles. The summed E-state index contributed by atoms with van der Waals surface area (Å²) in [5.41, 5.74) is 13.3. The molecule has 0 amide bonds. The molecule has 1 aliphatic carbocycles. The highest BCUT2D eigenvalue weighted by Gasteiger charge is 2.46. The second kappa shape index (κ2) is 11.3. The van der Waals surface area contributed by atoms with Crippen molar-refractivity contribution < 1.29 is 4.42 Å². The number of rotatable bonds is 5. The molecule has 3 nitrogen and oxygen atoms in total. The number of nitrogens with zero attached hydrogens (tertiary/aromatic N) is 2. The standard InChI is InChI=1S/C47H30N2O/c1-5-16-31(17-6-1)42-30-43(49-46(48-42)32-18-7-2-8-19-32)37-26-15-25-36-39-28-38-35-24-13-14-27-40(35)47(33-20-9-3-10-21-33,34-22-11-4-12-23-34)41(38)29-44(39)50-45(36)37/h1-30H. The van der Waals surface area contributed by atoms with Crippen LogP contribution in [0, 0.1) is 0 Å². The van der Waals surface area contributed by atoms with Crippen molar-refractivity contribution in [3.63, 3.8) is 0 Å². The van der Waals surface area contributed by atoms with Crippen LogP contribution in [0.1, 0.15) is 22.3 Å². The normalized spacial score (nSPS) is 13.0. The summed E-state index contributed by atoms with van der Waals surface area (Å²) in [6.45, 7) is 0. The van der Waals surface area contributed by atoms with Gasteiger partial charge >= 0.3 is 0 Å². The van der Waals surface area contributed by atoms with Crippen LogP contribution in [-0.2, 0) is 5.41 Å². The Kier molecular flexibility index (Phi) is 6.40. The third-order valence-corrected chi connectivity index (χ3v) is 10.2. The van der Waals surface area contributed by atoms with Crippen molar-refractivity contribution in [1.82, 2.24) is 9.97 Å². The molecular weight excluding hydrogens is 609 g/mol. The maximum atomic E-state index is 6.96. The molecule has 0 unspecified atom stereocenters. The number of furan rings is 1. The van der Waals surface area contributed by atoms with Crippen LogP contribution in [-0.4, -0.2) is 9.97 Å². The van der Waals surface area contributed by atoms with Gasteiger partial charge in [0.05, 0.1) is 16.8 Å². The van der Waals surface area contributed by atoms with Gasteiger partial charge in [-0.3, -0.25) is 0 Å². The molecule has 10 rings (SSSR count). The van der Waals surface area contributed by atoms with E-state index in [1.807, 2.05) is 36.4 Å². The second-order valence-electron chi connectivity index (χ2n) is 12.9. The summed E-state index contributed by atoms with van der Waals surface area (Å²) in [5.74, 6) is 0.682. The van der Waals surface area contributed by atoms with Crippen molar-refractivity contribution in [3.8, 4) is 45.0 Å². The van der Waals surface area contributed by atoms with E-state index in [0.717, 1.165) is 50.0 Å². The zero-order chi connectivity index (χ0) is 33.1. The van der Waals surface area contributed by atoms with Crippen LogP contribution in [0.4, 0.5) is 0 Å². The van der Waals surface area contributed by atoms with Gasteiger partial charge in [-0.1, -0.05) is 158 Å². The summed E-state index contributed by atoms with van der Waals surface area (Å²) in [5, 5.41) is 2.16. The predicted molar refractivity (Wildman–Crippen MR) is 203 cm³/mol. The van der Waals surface area contributed by atoms with E-state index in [4.69, 9.17) is 14.4 Å². The molecule has 1 aliphatic rings. The lowest BCUT2D eigenvalue weighted by molar-refractivity contribution is 0.667. The van der Waals surface area contributed by atoms with Gasteiger partial charge in [-0.05, 0) is 57.6 Å². The number of fused-ring (bicyclic) bond motifs is 6. The van der Waals surface area contributed by atoms with E-state index < -0.39 is 5.41 Å². The van der Waals surface area contributed by atoms with Crippen molar-refractivity contribution in [2.75, 3.05) is 0 Å². The lowest BCUT2D eigenvalue weighted by Crippen LogP contribution is -2.28. The lowest BCUT2D eigenvalue weighted by atomic mass is 9.67. The molecule has 0 saturated heterocycles. The molecule has 0 aliphatic heterocycles. The first-order chi connectivity index (χ1) is 24.8. The van der Waals surface area contributed by atoms with E-state index in [1.165, 1.54) is 33.4 Å². The van der Waals surface area contributed by atoms with Crippen LogP contribution in [0.2, 0.25) is 0 Å². The number of aromatic nitrogens is 2. The molecule has 0 atom stereocenters. The van der Waals surface area contributed by atoms with E-state index in [0.29, 0.717) is 5.82 Å². The smallest absolute Gasteiger partial charge is 0.160 e. The summed E-state index contributed by atoms with van der Waals surface area (Å²) in [6, 6.07) is 64.2. The number of hydrogen-bond acceptors (Lipinski definition) is 3. The Morgan fingerprint density at radius 1 is 0.400 bits per heavy atom. The summed E-state index contributed by atoms with van der Waals surface area (Å²) in [6.07, 6.45) is 0. The predicted octanol–water partition coefficient (Wildman–Crippen LogP) is 11.7. The highest BCUT2D eigenvalue weighted by Crippen LogP contribution is 2.57. The first-order valence-corrected chi connectivity index (χ1v) is 17.0. The van der Waals surface area contributed by atoms with Gasteiger partial charge in [-0.25, -0.2) is 9.97 Å². The average Bonchev–Trinajstić information content (AvgIpc) is 3.71. The third-order valence-electron chi connectivity index (χ3n) is 10.2. The highest BCUT2D eigenvalue weighted by molar-refractivity contribution is 6.11. The maximum absolute atomic E-state index is 6.96. The van der Waals surface area contributed by atoms with Crippen molar-refractivity contribution >= 4 is 21.9 Å². The van der Waals surface area contributed by atoms with Crippen LogP contribution in [0.5, 0.6) is 0 Å². The van der Waals surface area contributed by atoms with Crippen LogP contribution >= 0.6 is 0 Å². The SMILES string of the molecule is c1ccc(-c2cc(-c3cccc4c3oc3cc5c(cc34)-c3ccccc3C5(c3ccccc3)c3ccccc3)nc(-c3ccccc3)n2)cc1. The molecule has 0 spiro atoms. The monoisotopic (exact) mass is 638 g/mol. The number of hydrogen-bond donors (Lipinski definition) is 0. The van der Waals surface area contributed by atoms with Crippen LogP contribution < -0.4 is 0 Å². The van der Waals surface area contributed by atoms with Gasteiger partial charge in [0.2, 0.25) is 0 Å². The lowest BCUT2D eigenvalue weighted by Gasteiger charge is -2.33. The molecule has 0 bridgehead atoms. The fourth-order valence-electron chi connectivity index (χ4n) is 7.99. The molecule has 9 aromatic rings. The van der Waals surface area contributed by atoms with Crippen LogP contribution in [0.15, 0.2) is 186 Å². The van der Waals surface area contributed by atoms with E-state index in [2.05, 4.69) is 146 Å². The molecule has 234 valence electrons. The highest BCUT2D eigenvalue weighted by atomic mass is 16.3. The van der Waals surface area contributed by atoms with E-state index in [1.54, 1.807) is 0 Å². The molecule has 0 radical (unpaired) electrons. The Bertz CT molecular complexity index is 2580. The molecule has 0 N–H and O–H groups in total. The molecule has 2 heterocycles. The molecular formula is C47H30N2O. The fourth-order valence-corrected chi connectivity index (χ4v) is 7.99. The first kappa shape index (κ1) is 28.4. The van der Waals surface area contributed by atoms with Gasteiger partial charge in [0.1, 0.15) is 11.2 Å². The molecule has 3 heteroatoms. The summed E-state index contributed by atoms with van der Waals surface area (Å²) in [7, 11) is 0. The minimum atomic E-state index is -0.494. The molecule has 0 fully saturated rings. The Balaban J connectivity index is 1.24. The Morgan fingerprint density at radius 3 is 1.68 bits per heavy atom. The minimum Gasteiger partial charge on any atom is -0.455 e. The van der Waals surface area contributed by atoms with E-state index in [9.17, 15) is 0 Å². The zero-order valence-electron chi connectivity index (χ0n) is 27.1. The van der Waals surface area contributed by atoms with Crippen LogP contribution in [0.25, 0.3) is 67.0 Å². The Morgan fingerprint density at radius 2 is 0.980 bits per heavy atom. The molecule has 50 heavy (non-hydrogen) atoms. The third kappa shape index (κ3) is 4.23. The zero-order valence-corrected chi connectivity index (χ0v) is 27.1. The van der Waals surface area contributed by atoms with Gasteiger partial charge in [0.15, 0.2) is 5.82 Å². The fraction of sp³-hybridized carbons (Fsp3) is 0.0213. The summed E-state index contributed by atoms with van der Waals surface area (Å²) in [4.78, 5) is 10.2. The van der Waals surface area contributed by atoms with Crippen molar-refractivity contribution in [2.24, 2.45) is 0 Å². The van der Waals surface area contributed by atoms with Gasteiger partial charge in [-0.15, -0.1) is 0 Å². The van der Waals surface area contributed by atoms with Gasteiger partial charge < -0.3 is 4.42 Å². The van der Waals surface area contributed by atoms with Gasteiger partial charge in [0.25, 0.3) is 0 Å². The van der Waals surface area contributed by atoms with Gasteiger partial charge in [0, 0.05) is 27.5 Å².